The Morgan fingerprint density at radius 3 is 0.515 bits per heavy atom. The normalized spacial score (nSPS) is 46.9. The van der Waals surface area contributed by atoms with E-state index in [2.05, 4.69) is 41.5 Å². The maximum atomic E-state index is 2.43. The summed E-state index contributed by atoms with van der Waals surface area (Å²) < 4.78 is 0. The molecular formula is C33H66. The van der Waals surface area contributed by atoms with Gasteiger partial charge in [-0.3, -0.25) is 0 Å². The second kappa shape index (κ2) is 15.2. The molecule has 0 bridgehead atoms. The smallest absolute Gasteiger partial charge is 0.0355 e. The van der Waals surface area contributed by atoms with Crippen molar-refractivity contribution < 1.29 is 0 Å². The molecule has 6 rings (SSSR count). The summed E-state index contributed by atoms with van der Waals surface area (Å²) >= 11 is 0. The first-order valence-corrected chi connectivity index (χ1v) is 15.9. The standard InChI is InChI=1S/3C9H16.3C2H6/c3*1-6-7(2)9-5-3-4-8(6)9;3*1-2/h3*6-9H,3-5H2,1-2H3;3*1-2H3. The molecule has 6 fully saturated rings. The lowest BCUT2D eigenvalue weighted by atomic mass is 9.60. The number of rotatable bonds is 0. The van der Waals surface area contributed by atoms with Gasteiger partial charge in [-0.15, -0.1) is 0 Å². The highest BCUT2D eigenvalue weighted by molar-refractivity contribution is 4.97. The summed E-state index contributed by atoms with van der Waals surface area (Å²) in [6.07, 6.45) is 13.8. The highest BCUT2D eigenvalue weighted by atomic mass is 14.5. The van der Waals surface area contributed by atoms with Crippen LogP contribution >= 0.6 is 0 Å². The average Bonchev–Trinajstić information content (AvgIpc) is 3.64. The van der Waals surface area contributed by atoms with E-state index in [1.807, 2.05) is 41.5 Å². The Kier molecular flexibility index (Phi) is 14.3. The van der Waals surface area contributed by atoms with Crippen LogP contribution in [-0.2, 0) is 0 Å². The fraction of sp³-hybridized carbons (Fsp3) is 1.00. The van der Waals surface area contributed by atoms with Crippen molar-refractivity contribution in [3.63, 3.8) is 0 Å². The predicted molar refractivity (Wildman–Crippen MR) is 152 cm³/mol. The van der Waals surface area contributed by atoms with Crippen LogP contribution in [0.2, 0.25) is 0 Å². The molecule has 33 heavy (non-hydrogen) atoms. The van der Waals surface area contributed by atoms with Crippen molar-refractivity contribution in [1.29, 1.82) is 0 Å². The molecule has 0 heterocycles. The maximum Gasteiger partial charge on any atom is -0.0355 e. The van der Waals surface area contributed by atoms with Crippen molar-refractivity contribution in [3.05, 3.63) is 0 Å². The molecule has 198 valence electrons. The van der Waals surface area contributed by atoms with Crippen LogP contribution in [-0.4, -0.2) is 0 Å². The molecule has 0 saturated heterocycles. The maximum absolute atomic E-state index is 2.43. The molecule has 0 aromatic heterocycles. The van der Waals surface area contributed by atoms with Gasteiger partial charge >= 0.3 is 0 Å². The number of fused-ring (bicyclic) bond motifs is 3. The van der Waals surface area contributed by atoms with E-state index in [0.717, 1.165) is 71.0 Å². The van der Waals surface area contributed by atoms with E-state index in [1.54, 1.807) is 0 Å². The number of hydrogen-bond acceptors (Lipinski definition) is 0. The molecule has 0 N–H and O–H groups in total. The monoisotopic (exact) mass is 463 g/mol. The second-order valence-corrected chi connectivity index (χ2v) is 11.9. The second-order valence-electron chi connectivity index (χ2n) is 11.9. The summed E-state index contributed by atoms with van der Waals surface area (Å²) in [5.74, 6) is 13.2. The van der Waals surface area contributed by atoms with Crippen LogP contribution in [0.1, 0.15) is 141 Å². The third kappa shape index (κ3) is 6.61. The van der Waals surface area contributed by atoms with Crippen molar-refractivity contribution in [2.75, 3.05) is 0 Å². The highest BCUT2D eigenvalue weighted by Gasteiger charge is 2.48. The van der Waals surface area contributed by atoms with E-state index in [1.165, 1.54) is 57.8 Å². The summed E-state index contributed by atoms with van der Waals surface area (Å²) in [6, 6.07) is 0. The van der Waals surface area contributed by atoms with Gasteiger partial charge in [-0.05, 0) is 110 Å². The van der Waals surface area contributed by atoms with Gasteiger partial charge < -0.3 is 0 Å². The van der Waals surface area contributed by atoms with Gasteiger partial charge in [0.25, 0.3) is 0 Å². The SMILES string of the molecule is CC.CC.CC.CC1C(C)C2CCCC12.CC1C(C)C2CCCC12.CC1C(C)C2CCCC12. The van der Waals surface area contributed by atoms with Crippen molar-refractivity contribution in [3.8, 4) is 0 Å². The minimum Gasteiger partial charge on any atom is -0.0683 e. The Hall–Kier alpha value is 0. The third-order valence-electron chi connectivity index (χ3n) is 11.4. The van der Waals surface area contributed by atoms with Gasteiger partial charge in [-0.2, -0.15) is 0 Å². The third-order valence-corrected chi connectivity index (χ3v) is 11.4. The predicted octanol–water partition coefficient (Wildman–Crippen LogP) is 11.1. The van der Waals surface area contributed by atoms with Crippen LogP contribution in [0.5, 0.6) is 0 Å². The molecule has 12 unspecified atom stereocenters. The fourth-order valence-corrected chi connectivity index (χ4v) is 8.87. The Morgan fingerprint density at radius 2 is 0.394 bits per heavy atom. The molecule has 6 aliphatic rings. The molecule has 0 spiro atoms. The van der Waals surface area contributed by atoms with Crippen LogP contribution in [0.3, 0.4) is 0 Å². The molecular weight excluding hydrogens is 396 g/mol. The van der Waals surface area contributed by atoms with E-state index in [-0.39, 0.29) is 0 Å². The Morgan fingerprint density at radius 1 is 0.273 bits per heavy atom. The first-order chi connectivity index (χ1) is 15.9. The zero-order chi connectivity index (χ0) is 25.3. The Bertz CT molecular complexity index is 381. The van der Waals surface area contributed by atoms with E-state index < -0.39 is 0 Å². The Balaban J connectivity index is 0.000000222. The summed E-state index contributed by atoms with van der Waals surface area (Å²) in [4.78, 5) is 0. The number of hydrogen-bond donors (Lipinski definition) is 0. The lowest BCUT2D eigenvalue weighted by Gasteiger charge is -2.45. The molecule has 0 aromatic rings. The lowest BCUT2D eigenvalue weighted by Crippen LogP contribution is -2.39. The van der Waals surface area contributed by atoms with Crippen LogP contribution in [0.4, 0.5) is 0 Å². The van der Waals surface area contributed by atoms with E-state index in [4.69, 9.17) is 0 Å². The van der Waals surface area contributed by atoms with Crippen LogP contribution in [0, 0.1) is 71.0 Å². The molecule has 0 heteroatoms. The lowest BCUT2D eigenvalue weighted by molar-refractivity contribution is 0.0302. The van der Waals surface area contributed by atoms with E-state index >= 15 is 0 Å². The molecule has 0 nitrogen and oxygen atoms in total. The van der Waals surface area contributed by atoms with Crippen molar-refractivity contribution in [2.45, 2.75) is 141 Å². The largest absolute Gasteiger partial charge is 0.0683 e. The highest BCUT2D eigenvalue weighted by Crippen LogP contribution is 2.56. The molecule has 0 amide bonds. The van der Waals surface area contributed by atoms with Crippen molar-refractivity contribution in [2.24, 2.45) is 71.0 Å². The fourth-order valence-electron chi connectivity index (χ4n) is 8.87. The van der Waals surface area contributed by atoms with Gasteiger partial charge in [-0.25, -0.2) is 0 Å². The topological polar surface area (TPSA) is 0 Å². The summed E-state index contributed by atoms with van der Waals surface area (Å²) in [7, 11) is 0. The molecule has 0 aromatic carbocycles. The first kappa shape index (κ1) is 31.0. The van der Waals surface area contributed by atoms with Crippen molar-refractivity contribution >= 4 is 0 Å². The van der Waals surface area contributed by atoms with Gasteiger partial charge in [0.1, 0.15) is 0 Å². The minimum atomic E-state index is 1.05. The van der Waals surface area contributed by atoms with Gasteiger partial charge in [0.05, 0.1) is 0 Å². The van der Waals surface area contributed by atoms with Crippen LogP contribution in [0.25, 0.3) is 0 Å². The summed E-state index contributed by atoms with van der Waals surface area (Å²) in [5.41, 5.74) is 0. The van der Waals surface area contributed by atoms with Crippen LogP contribution < -0.4 is 0 Å². The molecule has 6 saturated carbocycles. The zero-order valence-electron chi connectivity index (χ0n) is 25.3. The summed E-state index contributed by atoms with van der Waals surface area (Å²) in [6.45, 7) is 26.6. The minimum absolute atomic E-state index is 1.05. The molecule has 6 aliphatic carbocycles. The van der Waals surface area contributed by atoms with Crippen molar-refractivity contribution in [1.82, 2.24) is 0 Å². The van der Waals surface area contributed by atoms with Gasteiger partial charge in [-0.1, -0.05) is 102 Å². The van der Waals surface area contributed by atoms with Gasteiger partial charge in [0.15, 0.2) is 0 Å². The first-order valence-electron chi connectivity index (χ1n) is 15.9. The average molecular weight is 463 g/mol. The summed E-state index contributed by atoms with van der Waals surface area (Å²) in [5, 5.41) is 0. The van der Waals surface area contributed by atoms with Gasteiger partial charge in [0.2, 0.25) is 0 Å². The Labute approximate surface area is 211 Å². The molecule has 0 radical (unpaired) electrons. The molecule has 12 atom stereocenters. The van der Waals surface area contributed by atoms with Gasteiger partial charge in [0, 0.05) is 0 Å². The molecule has 0 aliphatic heterocycles. The van der Waals surface area contributed by atoms with Crippen LogP contribution in [0.15, 0.2) is 0 Å². The van der Waals surface area contributed by atoms with E-state index in [0.29, 0.717) is 0 Å². The van der Waals surface area contributed by atoms with E-state index in [9.17, 15) is 0 Å². The zero-order valence-corrected chi connectivity index (χ0v) is 25.3. The quantitative estimate of drug-likeness (QED) is 0.335.